The summed E-state index contributed by atoms with van der Waals surface area (Å²) in [6, 6.07) is 8.51. The number of anilines is 1. The van der Waals surface area contributed by atoms with Gasteiger partial charge in [0, 0.05) is 17.3 Å². The molecule has 1 aliphatic rings. The van der Waals surface area contributed by atoms with E-state index in [-0.39, 0.29) is 0 Å². The zero-order valence-electron chi connectivity index (χ0n) is 10.2. The molecule has 1 N–H and O–H groups in total. The van der Waals surface area contributed by atoms with E-state index in [4.69, 9.17) is 16.3 Å². The third-order valence-corrected chi connectivity index (χ3v) is 3.37. The van der Waals surface area contributed by atoms with Crippen LogP contribution in [0.5, 0.6) is 0 Å². The fraction of sp³-hybridized carbons (Fsp3) is 0.538. The molecule has 0 radical (unpaired) electrons. The molecule has 2 rings (SSSR count). The maximum Gasteiger partial charge on any atom is 0.0671 e. The van der Waals surface area contributed by atoms with E-state index in [1.165, 1.54) is 5.69 Å². The molecule has 3 nitrogen and oxygen atoms in total. The number of hydrogen-bond donors (Lipinski definition) is 1. The lowest BCUT2D eigenvalue weighted by Crippen LogP contribution is -2.46. The summed E-state index contributed by atoms with van der Waals surface area (Å²) in [4.78, 5) is 2.41. The lowest BCUT2D eigenvalue weighted by Gasteiger charge is -2.37. The molecular formula is C13H19ClN2O. The number of rotatable bonds is 4. The maximum atomic E-state index is 5.92. The van der Waals surface area contributed by atoms with Crippen LogP contribution in [0, 0.1) is 0 Å². The van der Waals surface area contributed by atoms with Crippen molar-refractivity contribution in [2.24, 2.45) is 0 Å². The highest BCUT2D eigenvalue weighted by atomic mass is 35.5. The summed E-state index contributed by atoms with van der Waals surface area (Å²) in [6.45, 7) is 3.58. The molecule has 94 valence electrons. The number of morpholine rings is 1. The molecule has 1 aromatic carbocycles. The monoisotopic (exact) mass is 254 g/mol. The number of halogens is 1. The van der Waals surface area contributed by atoms with Crippen LogP contribution in [0.2, 0.25) is 5.02 Å². The largest absolute Gasteiger partial charge is 0.377 e. The standard InChI is InChI=1S/C13H19ClN2O/c1-15-7-6-13-10-17-9-8-16(13)12-4-2-11(14)3-5-12/h2-5,13,15H,6-10H2,1H3. The van der Waals surface area contributed by atoms with Gasteiger partial charge in [-0.15, -0.1) is 0 Å². The highest BCUT2D eigenvalue weighted by molar-refractivity contribution is 6.30. The lowest BCUT2D eigenvalue weighted by molar-refractivity contribution is 0.0917. The number of nitrogens with one attached hydrogen (secondary N) is 1. The molecule has 1 fully saturated rings. The molecule has 4 heteroatoms. The van der Waals surface area contributed by atoms with Crippen molar-refractivity contribution in [1.82, 2.24) is 5.32 Å². The number of nitrogens with zero attached hydrogens (tertiary/aromatic N) is 1. The zero-order chi connectivity index (χ0) is 12.1. The molecule has 0 saturated carbocycles. The van der Waals surface area contributed by atoms with E-state index in [0.29, 0.717) is 6.04 Å². The van der Waals surface area contributed by atoms with Gasteiger partial charge in [0.2, 0.25) is 0 Å². The fourth-order valence-electron chi connectivity index (χ4n) is 2.18. The first-order chi connectivity index (χ1) is 8.31. The third kappa shape index (κ3) is 3.35. The minimum absolute atomic E-state index is 0.456. The van der Waals surface area contributed by atoms with Crippen LogP contribution in [-0.2, 0) is 4.74 Å². The van der Waals surface area contributed by atoms with Crippen molar-refractivity contribution in [3.63, 3.8) is 0 Å². The number of hydrogen-bond acceptors (Lipinski definition) is 3. The molecule has 1 saturated heterocycles. The Hall–Kier alpha value is -0.770. The Morgan fingerprint density at radius 2 is 2.18 bits per heavy atom. The van der Waals surface area contributed by atoms with Gasteiger partial charge in [-0.05, 0) is 44.3 Å². The van der Waals surface area contributed by atoms with Gasteiger partial charge in [0.25, 0.3) is 0 Å². The van der Waals surface area contributed by atoms with Crippen molar-refractivity contribution in [1.29, 1.82) is 0 Å². The van der Waals surface area contributed by atoms with Crippen LogP contribution in [-0.4, -0.2) is 39.4 Å². The first-order valence-electron chi connectivity index (χ1n) is 6.06. The summed E-state index contributed by atoms with van der Waals surface area (Å²) in [7, 11) is 1.98. The second kappa shape index (κ2) is 6.24. The van der Waals surface area contributed by atoms with Crippen molar-refractivity contribution in [2.45, 2.75) is 12.5 Å². The molecule has 1 atom stereocenters. The van der Waals surface area contributed by atoms with Crippen LogP contribution < -0.4 is 10.2 Å². The molecular weight excluding hydrogens is 236 g/mol. The summed E-state index contributed by atoms with van der Waals surface area (Å²) in [6.07, 6.45) is 1.10. The molecule has 1 aliphatic heterocycles. The maximum absolute atomic E-state index is 5.92. The Balaban J connectivity index is 2.07. The highest BCUT2D eigenvalue weighted by Crippen LogP contribution is 2.23. The van der Waals surface area contributed by atoms with Crippen LogP contribution >= 0.6 is 11.6 Å². The van der Waals surface area contributed by atoms with Gasteiger partial charge in [0.05, 0.1) is 19.3 Å². The van der Waals surface area contributed by atoms with Crippen molar-refractivity contribution in [3.8, 4) is 0 Å². The predicted molar refractivity (Wildman–Crippen MR) is 71.9 cm³/mol. The quantitative estimate of drug-likeness (QED) is 0.891. The van der Waals surface area contributed by atoms with Crippen molar-refractivity contribution >= 4 is 17.3 Å². The normalized spacial score (nSPS) is 20.6. The van der Waals surface area contributed by atoms with Gasteiger partial charge in [-0.1, -0.05) is 11.6 Å². The Labute approximate surface area is 108 Å². The summed E-state index contributed by atoms with van der Waals surface area (Å²) in [5.41, 5.74) is 1.24. The molecule has 1 unspecified atom stereocenters. The van der Waals surface area contributed by atoms with Gasteiger partial charge in [-0.2, -0.15) is 0 Å². The SMILES string of the molecule is CNCCC1COCCN1c1ccc(Cl)cc1. The van der Waals surface area contributed by atoms with E-state index < -0.39 is 0 Å². The summed E-state index contributed by atoms with van der Waals surface area (Å²) in [5.74, 6) is 0. The van der Waals surface area contributed by atoms with Crippen LogP contribution in [0.1, 0.15) is 6.42 Å². The van der Waals surface area contributed by atoms with Crippen LogP contribution in [0.4, 0.5) is 5.69 Å². The molecule has 0 bridgehead atoms. The van der Waals surface area contributed by atoms with Gasteiger partial charge < -0.3 is 15.0 Å². The second-order valence-corrected chi connectivity index (χ2v) is 4.73. The molecule has 17 heavy (non-hydrogen) atoms. The molecule has 0 amide bonds. The highest BCUT2D eigenvalue weighted by Gasteiger charge is 2.22. The van der Waals surface area contributed by atoms with Crippen LogP contribution in [0.25, 0.3) is 0 Å². The third-order valence-electron chi connectivity index (χ3n) is 3.11. The molecule has 1 heterocycles. The lowest BCUT2D eigenvalue weighted by atomic mass is 10.1. The first-order valence-corrected chi connectivity index (χ1v) is 6.43. The minimum atomic E-state index is 0.456. The van der Waals surface area contributed by atoms with Crippen LogP contribution in [0.15, 0.2) is 24.3 Å². The van der Waals surface area contributed by atoms with E-state index >= 15 is 0 Å². The minimum Gasteiger partial charge on any atom is -0.377 e. The van der Waals surface area contributed by atoms with E-state index in [0.717, 1.165) is 37.7 Å². The van der Waals surface area contributed by atoms with E-state index in [1.807, 2.05) is 19.2 Å². The van der Waals surface area contributed by atoms with Crippen molar-refractivity contribution in [3.05, 3.63) is 29.3 Å². The van der Waals surface area contributed by atoms with Gasteiger partial charge in [-0.25, -0.2) is 0 Å². The van der Waals surface area contributed by atoms with E-state index in [1.54, 1.807) is 0 Å². The average molecular weight is 255 g/mol. The van der Waals surface area contributed by atoms with Crippen LogP contribution in [0.3, 0.4) is 0 Å². The zero-order valence-corrected chi connectivity index (χ0v) is 10.9. The van der Waals surface area contributed by atoms with Gasteiger partial charge in [0.15, 0.2) is 0 Å². The Kier molecular flexibility index (Phi) is 4.66. The van der Waals surface area contributed by atoms with E-state index in [9.17, 15) is 0 Å². The topological polar surface area (TPSA) is 24.5 Å². The first kappa shape index (κ1) is 12.7. The molecule has 1 aromatic rings. The predicted octanol–water partition coefficient (Wildman–Crippen LogP) is 2.15. The van der Waals surface area contributed by atoms with Gasteiger partial charge in [-0.3, -0.25) is 0 Å². The average Bonchev–Trinajstić information content (AvgIpc) is 2.38. The fourth-order valence-corrected chi connectivity index (χ4v) is 2.30. The molecule has 0 spiro atoms. The van der Waals surface area contributed by atoms with Gasteiger partial charge in [0.1, 0.15) is 0 Å². The Morgan fingerprint density at radius 1 is 1.41 bits per heavy atom. The second-order valence-electron chi connectivity index (χ2n) is 4.29. The van der Waals surface area contributed by atoms with Gasteiger partial charge >= 0.3 is 0 Å². The van der Waals surface area contributed by atoms with Crippen molar-refractivity contribution < 1.29 is 4.74 Å². The Morgan fingerprint density at radius 3 is 2.88 bits per heavy atom. The molecule has 0 aliphatic carbocycles. The smallest absolute Gasteiger partial charge is 0.0671 e. The van der Waals surface area contributed by atoms with E-state index in [2.05, 4.69) is 22.3 Å². The van der Waals surface area contributed by atoms with Crippen molar-refractivity contribution in [2.75, 3.05) is 38.3 Å². The Bertz CT molecular complexity index is 342. The summed E-state index contributed by atoms with van der Waals surface area (Å²) >= 11 is 5.92. The molecule has 0 aromatic heterocycles. The number of benzene rings is 1. The summed E-state index contributed by atoms with van der Waals surface area (Å²) in [5, 5.41) is 3.98. The summed E-state index contributed by atoms with van der Waals surface area (Å²) < 4.78 is 5.56. The number of ether oxygens (including phenoxy) is 1.